The number of fused-ring (bicyclic) bond motifs is 1. The Labute approximate surface area is 230 Å². The number of rotatable bonds is 5. The summed E-state index contributed by atoms with van der Waals surface area (Å²) in [7, 11) is -1.98. The zero-order chi connectivity index (χ0) is 28.5. The monoisotopic (exact) mass is 549 g/mol. The van der Waals surface area contributed by atoms with Crippen molar-refractivity contribution in [2.75, 3.05) is 7.11 Å². The van der Waals surface area contributed by atoms with Crippen LogP contribution in [0.5, 0.6) is 0 Å². The molecule has 5 nitrogen and oxygen atoms in total. The third-order valence-electron chi connectivity index (χ3n) is 5.65. The van der Waals surface area contributed by atoms with Crippen LogP contribution in [0.15, 0.2) is 95.1 Å². The molecule has 0 fully saturated rings. The van der Waals surface area contributed by atoms with Gasteiger partial charge in [0.2, 0.25) is 0 Å². The number of ether oxygens (including phenoxy) is 1. The van der Waals surface area contributed by atoms with Crippen LogP contribution < -0.4 is 0 Å². The molecule has 0 N–H and O–H groups in total. The van der Waals surface area contributed by atoms with Gasteiger partial charge in [0, 0.05) is 28.3 Å². The first-order valence-corrected chi connectivity index (χ1v) is 13.8. The van der Waals surface area contributed by atoms with E-state index in [2.05, 4.69) is 28.1 Å². The number of methoxy groups -OCH3 is 1. The van der Waals surface area contributed by atoms with Crippen LogP contribution in [0.2, 0.25) is 5.02 Å². The largest absolute Gasteiger partial charge is 0.466 e. The van der Waals surface area contributed by atoms with Crippen molar-refractivity contribution in [1.82, 2.24) is 4.98 Å². The summed E-state index contributed by atoms with van der Waals surface area (Å²) in [6, 6.07) is 14.6. The van der Waals surface area contributed by atoms with Gasteiger partial charge in [-0.3, -0.25) is 4.98 Å². The molecule has 3 rings (SSSR count). The predicted molar refractivity (Wildman–Crippen MR) is 156 cm³/mol. The third-order valence-corrected chi connectivity index (χ3v) is 8.17. The number of pyridine rings is 1. The molecule has 1 aromatic heterocycles. The Hall–Kier alpha value is -3.66. The van der Waals surface area contributed by atoms with E-state index in [1.54, 1.807) is 57.2 Å². The number of hydrogen-bond donors (Lipinski definition) is 0. The van der Waals surface area contributed by atoms with Gasteiger partial charge >= 0.3 is 5.97 Å². The molecule has 0 aliphatic rings. The third kappa shape index (κ3) is 7.67. The van der Waals surface area contributed by atoms with Crippen LogP contribution in [0.1, 0.15) is 38.8 Å². The molecule has 0 aliphatic carbocycles. The zero-order valence-electron chi connectivity index (χ0n) is 22.5. The van der Waals surface area contributed by atoms with Gasteiger partial charge in [0.05, 0.1) is 27.8 Å². The van der Waals surface area contributed by atoms with Crippen molar-refractivity contribution in [3.63, 3.8) is 0 Å². The van der Waals surface area contributed by atoms with E-state index in [-0.39, 0.29) is 10.9 Å². The van der Waals surface area contributed by atoms with E-state index < -0.39 is 15.1 Å². The quantitative estimate of drug-likeness (QED) is 0.148. The van der Waals surface area contributed by atoms with E-state index in [1.165, 1.54) is 13.3 Å². The van der Waals surface area contributed by atoms with Crippen molar-refractivity contribution in [3.05, 3.63) is 106 Å². The van der Waals surface area contributed by atoms with Crippen LogP contribution in [0.3, 0.4) is 0 Å². The number of allylic oxidation sites excluding steroid dienone is 4. The maximum absolute atomic E-state index is 12.2. The van der Waals surface area contributed by atoms with E-state index in [0.29, 0.717) is 21.5 Å². The van der Waals surface area contributed by atoms with Crippen LogP contribution in [-0.4, -0.2) is 31.7 Å². The highest BCUT2D eigenvalue weighted by Crippen LogP contribution is 2.28. The predicted octanol–water partition coefficient (Wildman–Crippen LogP) is 7.04. The minimum absolute atomic E-state index is 0.243. The second-order valence-electron chi connectivity index (χ2n) is 8.72. The molecular weight excluding hydrogens is 518 g/mol. The summed E-state index contributed by atoms with van der Waals surface area (Å²) in [6.45, 7) is 12.7. The van der Waals surface area contributed by atoms with Crippen molar-refractivity contribution in [2.24, 2.45) is 0 Å². The maximum atomic E-state index is 12.2. The fourth-order valence-corrected chi connectivity index (χ4v) is 4.80. The number of carbonyl (C=O) groups excluding carboxylic acids is 1. The molecule has 0 atom stereocenters. The van der Waals surface area contributed by atoms with Gasteiger partial charge in [-0.25, -0.2) is 13.2 Å². The van der Waals surface area contributed by atoms with E-state index >= 15 is 0 Å². The molecule has 7 heteroatoms. The van der Waals surface area contributed by atoms with Crippen LogP contribution in [0.4, 0.5) is 0 Å². The number of halogens is 1. The maximum Gasteiger partial charge on any atom is 0.333 e. The topological polar surface area (TPSA) is 73.3 Å². The van der Waals surface area contributed by atoms with Crippen molar-refractivity contribution in [2.45, 2.75) is 44.8 Å². The number of benzene rings is 2. The molecule has 1 heterocycles. The molecule has 2 aromatic carbocycles. The first kappa shape index (κ1) is 30.6. The molecule has 0 radical (unpaired) electrons. The lowest BCUT2D eigenvalue weighted by molar-refractivity contribution is -0.136. The fourth-order valence-electron chi connectivity index (χ4n) is 3.38. The first-order valence-electron chi connectivity index (χ1n) is 11.9. The average Bonchev–Trinajstić information content (AvgIpc) is 2.89. The second-order valence-corrected chi connectivity index (χ2v) is 11.6. The Kier molecular flexibility index (Phi) is 11.1. The van der Waals surface area contributed by atoms with Gasteiger partial charge in [-0.2, -0.15) is 0 Å². The van der Waals surface area contributed by atoms with Crippen molar-refractivity contribution in [3.8, 4) is 11.8 Å². The number of aryl methyl sites for hydroxylation is 1. The minimum atomic E-state index is -3.34. The number of esters is 1. The lowest BCUT2D eigenvalue weighted by atomic mass is 10.1. The molecule has 38 heavy (non-hydrogen) atoms. The van der Waals surface area contributed by atoms with Crippen LogP contribution in [0.25, 0.3) is 10.9 Å². The summed E-state index contributed by atoms with van der Waals surface area (Å²) in [6.07, 6.45) is 4.97. The van der Waals surface area contributed by atoms with E-state index in [4.69, 9.17) is 11.6 Å². The van der Waals surface area contributed by atoms with Gasteiger partial charge in [0.15, 0.2) is 9.84 Å². The highest BCUT2D eigenvalue weighted by atomic mass is 35.5. The number of carbonyl (C=O) groups is 1. The molecule has 0 saturated carbocycles. The smallest absolute Gasteiger partial charge is 0.333 e. The Balaban J connectivity index is 0.000000272. The van der Waals surface area contributed by atoms with Crippen molar-refractivity contribution in [1.29, 1.82) is 0 Å². The Bertz CT molecular complexity index is 1570. The summed E-state index contributed by atoms with van der Waals surface area (Å²) < 4.78 is 29.0. The van der Waals surface area contributed by atoms with Crippen LogP contribution >= 0.6 is 11.6 Å². The lowest BCUT2D eigenvalue weighted by Gasteiger charge is -2.10. The zero-order valence-corrected chi connectivity index (χ0v) is 24.1. The number of sulfone groups is 1. The highest BCUT2D eigenvalue weighted by molar-refractivity contribution is 7.92. The summed E-state index contributed by atoms with van der Waals surface area (Å²) in [5, 5.41) is 0.695. The van der Waals surface area contributed by atoms with E-state index in [1.807, 2.05) is 38.1 Å². The molecule has 0 spiro atoms. The van der Waals surface area contributed by atoms with Gasteiger partial charge in [0.1, 0.15) is 0 Å². The molecule has 3 aromatic rings. The average molecular weight is 550 g/mol. The SMILES string of the molecule is C=C/C(C#Cc1ccccc1C)=C(C)\C=C(/C)C(=O)OC.CC(C)S(=O)(=O)c1cccc2c(Cl)ccnc12. The number of para-hydroxylation sites is 1. The molecule has 0 aliphatic heterocycles. The molecule has 0 amide bonds. The van der Waals surface area contributed by atoms with Gasteiger partial charge in [-0.05, 0) is 70.0 Å². The summed E-state index contributed by atoms with van der Waals surface area (Å²) in [5.74, 6) is 5.90. The summed E-state index contributed by atoms with van der Waals surface area (Å²) in [5.41, 5.74) is 4.77. The summed E-state index contributed by atoms with van der Waals surface area (Å²) >= 11 is 6.02. The van der Waals surface area contributed by atoms with Crippen molar-refractivity contribution < 1.29 is 17.9 Å². The fraction of sp³-hybridized carbons (Fsp3) is 0.226. The number of nitrogens with zero attached hydrogens (tertiary/aromatic N) is 1. The van der Waals surface area contributed by atoms with Crippen molar-refractivity contribution >= 4 is 38.3 Å². The van der Waals surface area contributed by atoms with Crippen LogP contribution in [0, 0.1) is 18.8 Å². The highest BCUT2D eigenvalue weighted by Gasteiger charge is 2.22. The molecule has 198 valence electrons. The molecule has 0 bridgehead atoms. The number of aromatic nitrogens is 1. The lowest BCUT2D eigenvalue weighted by Crippen LogP contribution is -2.14. The van der Waals surface area contributed by atoms with Gasteiger partial charge in [-0.1, -0.05) is 66.4 Å². The molecule has 0 saturated heterocycles. The van der Waals surface area contributed by atoms with Gasteiger partial charge in [-0.15, -0.1) is 0 Å². The normalized spacial score (nSPS) is 12.1. The molecular formula is C31H32ClNO4S. The second kappa shape index (κ2) is 13.8. The van der Waals surface area contributed by atoms with E-state index in [0.717, 1.165) is 22.3 Å². The standard InChI is InChI=1S/C19H20O2.C12H12ClNO2S/c1-6-17(15(3)13-16(4)19(20)21-5)11-12-18-10-8-7-9-14(18)2;1-8(2)17(15,16)11-5-3-4-9-10(13)6-7-14-12(9)11/h6-10,13H,1H2,2-5H3;3-8H,1-2H3/b16-13+,17-15+;. The Morgan fingerprint density at radius 2 is 1.79 bits per heavy atom. The first-order chi connectivity index (χ1) is 17.9. The Morgan fingerprint density at radius 1 is 1.11 bits per heavy atom. The van der Waals surface area contributed by atoms with Crippen LogP contribution in [-0.2, 0) is 19.4 Å². The number of hydrogen-bond acceptors (Lipinski definition) is 5. The summed E-state index contributed by atoms with van der Waals surface area (Å²) in [4.78, 5) is 15.8. The van der Waals surface area contributed by atoms with E-state index in [9.17, 15) is 13.2 Å². The van der Waals surface area contributed by atoms with Gasteiger partial charge in [0.25, 0.3) is 0 Å². The molecule has 0 unspecified atom stereocenters. The minimum Gasteiger partial charge on any atom is -0.466 e. The Morgan fingerprint density at radius 3 is 2.39 bits per heavy atom. The van der Waals surface area contributed by atoms with Gasteiger partial charge < -0.3 is 4.74 Å².